The highest BCUT2D eigenvalue weighted by molar-refractivity contribution is 6.02. The molecule has 2 aromatic heterocycles. The van der Waals surface area contributed by atoms with Crippen LogP contribution in [0.5, 0.6) is 5.75 Å². The Labute approximate surface area is 256 Å². The van der Waals surface area contributed by atoms with Crippen molar-refractivity contribution in [3.8, 4) is 22.8 Å². The number of methoxy groups -OCH3 is 1. The van der Waals surface area contributed by atoms with Gasteiger partial charge < -0.3 is 29.9 Å². The van der Waals surface area contributed by atoms with Gasteiger partial charge in [-0.3, -0.25) is 4.79 Å². The van der Waals surface area contributed by atoms with Crippen LogP contribution in [0.25, 0.3) is 17.1 Å². The number of ether oxygens (including phenoxy) is 2. The van der Waals surface area contributed by atoms with Crippen molar-refractivity contribution < 1.29 is 30.7 Å². The molecule has 41 heavy (non-hydrogen) atoms. The fraction of sp³-hybridized carbons (Fsp3) is 0.267. The van der Waals surface area contributed by atoms with Crippen LogP contribution in [0.2, 0.25) is 0 Å². The fourth-order valence-corrected chi connectivity index (χ4v) is 4.18. The molecule has 2 aromatic carbocycles. The smallest absolute Gasteiger partial charge is 0.247 e. The predicted molar refractivity (Wildman–Crippen MR) is 160 cm³/mol. The number of morpholine rings is 1. The SMILES string of the molecule is [2H]c1c([2H])c([2H])c(-c2nn(-c3ccnc(Nc4cc(NC(=O)C=C)c(N5CCOCC5)cc4OC([2H])([2H])[2H])n3)cc2CN(C([2H])[2H])C([2H])[2H])c([2H])c1[2H]. The van der Waals surface area contributed by atoms with Crippen LogP contribution in [-0.4, -0.2) is 77.9 Å². The van der Waals surface area contributed by atoms with Gasteiger partial charge in [-0.15, -0.1) is 0 Å². The number of nitrogens with zero attached hydrogens (tertiary/aromatic N) is 6. The van der Waals surface area contributed by atoms with Crippen LogP contribution in [0.15, 0.2) is 73.5 Å². The molecule has 0 unspecified atom stereocenters. The van der Waals surface area contributed by atoms with E-state index in [1.807, 2.05) is 4.90 Å². The first kappa shape index (κ1) is 16.5. The Kier molecular flexibility index (Phi) is 5.08. The summed E-state index contributed by atoms with van der Waals surface area (Å²) in [5.41, 5.74) is 0.529. The number of rotatable bonds is 10. The second-order valence-corrected chi connectivity index (χ2v) is 8.74. The van der Waals surface area contributed by atoms with E-state index in [2.05, 4.69) is 32.3 Å². The predicted octanol–water partition coefficient (Wildman–Crippen LogP) is 4.10. The maximum Gasteiger partial charge on any atom is 0.247 e. The maximum absolute atomic E-state index is 12.4. The highest BCUT2D eigenvalue weighted by Gasteiger charge is 2.20. The van der Waals surface area contributed by atoms with E-state index in [4.69, 9.17) is 25.9 Å². The summed E-state index contributed by atoms with van der Waals surface area (Å²) in [6.07, 6.45) is 3.78. The monoisotopic (exact) mass is 566 g/mol. The first-order valence-electron chi connectivity index (χ1n) is 18.6. The zero-order valence-corrected chi connectivity index (χ0v) is 21.8. The number of aromatic nitrogens is 4. The number of hydrogen-bond acceptors (Lipinski definition) is 9. The molecule has 0 atom stereocenters. The van der Waals surface area contributed by atoms with Gasteiger partial charge in [-0.25, -0.2) is 9.67 Å². The molecule has 5 rings (SSSR count). The van der Waals surface area contributed by atoms with Gasteiger partial charge in [0.15, 0.2) is 5.82 Å². The average Bonchev–Trinajstić information content (AvgIpc) is 3.52. The Hall–Kier alpha value is -4.74. The summed E-state index contributed by atoms with van der Waals surface area (Å²) in [5.74, 6) is -0.682. The number of nitrogens with one attached hydrogen (secondary N) is 2. The molecular formula is C30H34N8O3. The number of anilines is 4. The van der Waals surface area contributed by atoms with E-state index in [1.54, 1.807) is 0 Å². The van der Waals surface area contributed by atoms with E-state index >= 15 is 0 Å². The molecule has 1 amide bonds. The highest BCUT2D eigenvalue weighted by atomic mass is 16.5. The molecule has 1 fully saturated rings. The Bertz CT molecular complexity index is 1970. The van der Waals surface area contributed by atoms with Crippen LogP contribution in [0, 0.1) is 0 Å². The Balaban J connectivity index is 1.62. The summed E-state index contributed by atoms with van der Waals surface area (Å²) in [7, 11) is -2.87. The molecule has 4 aromatic rings. The third kappa shape index (κ3) is 6.53. The molecule has 2 N–H and O–H groups in total. The van der Waals surface area contributed by atoms with Crippen LogP contribution in [0.1, 0.15) is 22.0 Å². The molecule has 0 radical (unpaired) electrons. The molecule has 0 bridgehead atoms. The lowest BCUT2D eigenvalue weighted by Crippen LogP contribution is -2.36. The van der Waals surface area contributed by atoms with E-state index < -0.39 is 63.7 Å². The lowest BCUT2D eigenvalue weighted by molar-refractivity contribution is -0.111. The highest BCUT2D eigenvalue weighted by Crippen LogP contribution is 2.38. The minimum atomic E-state index is -2.87. The molecular weight excluding hydrogens is 520 g/mol. The normalized spacial score (nSPS) is 17.9. The van der Waals surface area contributed by atoms with Crippen molar-refractivity contribution >= 4 is 28.9 Å². The van der Waals surface area contributed by atoms with Crippen LogP contribution in [0.4, 0.5) is 23.0 Å². The lowest BCUT2D eigenvalue weighted by atomic mass is 10.1. The van der Waals surface area contributed by atoms with Crippen molar-refractivity contribution in [3.05, 3.63) is 79.0 Å². The second-order valence-electron chi connectivity index (χ2n) is 8.74. The zero-order valence-electron chi connectivity index (χ0n) is 33.8. The summed E-state index contributed by atoms with van der Waals surface area (Å²) in [4.78, 5) is 23.9. The number of carbonyl (C=O) groups excluding carboxylic acids is 1. The summed E-state index contributed by atoms with van der Waals surface area (Å²) < 4.78 is 108. The van der Waals surface area contributed by atoms with Crippen LogP contribution in [-0.2, 0) is 16.1 Å². The zero-order chi connectivity index (χ0) is 38.8. The van der Waals surface area contributed by atoms with Crippen LogP contribution < -0.4 is 20.3 Å². The van der Waals surface area contributed by atoms with Gasteiger partial charge in [0.1, 0.15) is 5.75 Å². The minimum absolute atomic E-state index is 0.0557. The van der Waals surface area contributed by atoms with Crippen molar-refractivity contribution in [1.29, 1.82) is 0 Å². The maximum atomic E-state index is 12.4. The van der Waals surface area contributed by atoms with Crippen molar-refractivity contribution in [3.63, 3.8) is 0 Å². The molecule has 11 nitrogen and oxygen atoms in total. The van der Waals surface area contributed by atoms with Crippen molar-refractivity contribution in [1.82, 2.24) is 24.6 Å². The van der Waals surface area contributed by atoms with Gasteiger partial charge in [-0.05, 0) is 26.1 Å². The van der Waals surface area contributed by atoms with E-state index in [9.17, 15) is 4.79 Å². The Morgan fingerprint density at radius 1 is 1.24 bits per heavy atom. The van der Waals surface area contributed by atoms with Crippen molar-refractivity contribution in [2.45, 2.75) is 6.54 Å². The minimum Gasteiger partial charge on any atom is -0.494 e. The lowest BCUT2D eigenvalue weighted by Gasteiger charge is -2.31. The standard InChI is InChI=1S/C30H34N8O3/c1-5-28(39)32-23-17-24(26(40-4)18-25(23)37-13-15-41-16-14-37)33-30-31-12-11-27(34-30)38-20-22(19-36(2)3)29(35-38)21-9-7-6-8-10-21/h5-12,17-18,20H,1,13-16,19H2,2-4H3,(H,32,39)(H,31,33,34)/i2D2,3D2,4D3,6D,7D,8D,9D,10D. The number of amides is 1. The van der Waals surface area contributed by atoms with E-state index in [0.717, 1.165) is 11.0 Å². The van der Waals surface area contributed by atoms with Gasteiger partial charge in [0.2, 0.25) is 11.9 Å². The largest absolute Gasteiger partial charge is 0.494 e. The third-order valence-electron chi connectivity index (χ3n) is 6.00. The summed E-state index contributed by atoms with van der Waals surface area (Å²) in [5, 5.41) is 10.1. The topological polar surface area (TPSA) is 110 Å². The van der Waals surface area contributed by atoms with Crippen LogP contribution in [0.3, 0.4) is 0 Å². The molecule has 1 aliphatic rings. The molecule has 11 heteroatoms. The van der Waals surface area contributed by atoms with E-state index in [0.29, 0.717) is 37.7 Å². The van der Waals surface area contributed by atoms with Gasteiger partial charge in [0, 0.05) is 60.8 Å². The number of benzene rings is 2. The molecule has 0 spiro atoms. The summed E-state index contributed by atoms with van der Waals surface area (Å²) in [6, 6.07) is 1.34. The summed E-state index contributed by atoms with van der Waals surface area (Å²) in [6.45, 7) is 1.28. The van der Waals surface area contributed by atoms with Gasteiger partial charge in [-0.1, -0.05) is 36.8 Å². The fourth-order valence-electron chi connectivity index (χ4n) is 4.18. The molecule has 1 aliphatic heterocycles. The average molecular weight is 567 g/mol. The Morgan fingerprint density at radius 2 is 2.07 bits per heavy atom. The molecule has 0 aliphatic carbocycles. The first-order valence-corrected chi connectivity index (χ1v) is 12.3. The molecule has 1 saturated heterocycles. The van der Waals surface area contributed by atoms with E-state index in [1.165, 1.54) is 35.3 Å². The molecule has 212 valence electrons. The van der Waals surface area contributed by atoms with Crippen LogP contribution >= 0.6 is 0 Å². The first-order chi connectivity index (χ1) is 25.0. The Morgan fingerprint density at radius 3 is 2.83 bits per heavy atom. The van der Waals surface area contributed by atoms with Crippen molar-refractivity contribution in [2.24, 2.45) is 0 Å². The number of carbonyl (C=O) groups is 1. The van der Waals surface area contributed by atoms with Gasteiger partial charge in [0.25, 0.3) is 0 Å². The molecule has 0 saturated carbocycles. The van der Waals surface area contributed by atoms with E-state index in [-0.39, 0.29) is 40.0 Å². The molecule has 3 heterocycles. The number of hydrogen-bond donors (Lipinski definition) is 2. The van der Waals surface area contributed by atoms with Crippen molar-refractivity contribution in [2.75, 3.05) is 62.9 Å². The van der Waals surface area contributed by atoms with Gasteiger partial charge in [0.05, 0.1) is 54.0 Å². The second kappa shape index (κ2) is 12.6. The van der Waals surface area contributed by atoms with Gasteiger partial charge in [-0.2, -0.15) is 10.1 Å². The quantitative estimate of drug-likeness (QED) is 0.274. The summed E-state index contributed by atoms with van der Waals surface area (Å²) >= 11 is 0. The third-order valence-corrected chi connectivity index (χ3v) is 6.00. The van der Waals surface area contributed by atoms with Gasteiger partial charge >= 0.3 is 0 Å².